The standard InChI is InChI=1S/C27H40O4/c1-23(20-26(2)22-27(3,31-30-26)21-25(28)29)16-12-9-7-5-4-6-8-10-13-17-24-18-14-11-15-19-24/h8,10-11,13-15,17-19,23H,4-7,9,12,16,20-22H2,1-3H3,(H,28,29)/b10-8+,17-13+/t23?,26-,27+/m1/s1. The van der Waals surface area contributed by atoms with Crippen molar-refractivity contribution in [2.24, 2.45) is 5.92 Å². The molecule has 4 heteroatoms. The molecule has 1 aromatic carbocycles. The molecule has 1 aliphatic rings. The summed E-state index contributed by atoms with van der Waals surface area (Å²) in [5.74, 6) is -0.303. The predicted molar refractivity (Wildman–Crippen MR) is 127 cm³/mol. The van der Waals surface area contributed by atoms with E-state index in [0.717, 1.165) is 12.8 Å². The summed E-state index contributed by atoms with van der Waals surface area (Å²) in [4.78, 5) is 22.0. The lowest BCUT2D eigenvalue weighted by atomic mass is 9.81. The molecular weight excluding hydrogens is 388 g/mol. The van der Waals surface area contributed by atoms with Crippen LogP contribution in [-0.2, 0) is 14.6 Å². The van der Waals surface area contributed by atoms with E-state index in [4.69, 9.17) is 14.9 Å². The topological polar surface area (TPSA) is 55.8 Å². The van der Waals surface area contributed by atoms with Gasteiger partial charge >= 0.3 is 5.97 Å². The fourth-order valence-corrected chi connectivity index (χ4v) is 4.60. The van der Waals surface area contributed by atoms with Gasteiger partial charge in [-0.1, -0.05) is 93.7 Å². The number of carboxylic acids is 1. The molecule has 1 aliphatic heterocycles. The first-order valence-corrected chi connectivity index (χ1v) is 11.8. The van der Waals surface area contributed by atoms with E-state index < -0.39 is 11.6 Å². The van der Waals surface area contributed by atoms with Gasteiger partial charge in [0.25, 0.3) is 0 Å². The van der Waals surface area contributed by atoms with Crippen molar-refractivity contribution in [2.45, 2.75) is 96.2 Å². The molecule has 1 unspecified atom stereocenters. The molecule has 0 spiro atoms. The van der Waals surface area contributed by atoms with Gasteiger partial charge in [0.05, 0.1) is 6.42 Å². The summed E-state index contributed by atoms with van der Waals surface area (Å²) in [6, 6.07) is 10.4. The zero-order valence-electron chi connectivity index (χ0n) is 19.5. The summed E-state index contributed by atoms with van der Waals surface area (Å²) in [5, 5.41) is 9.05. The average molecular weight is 429 g/mol. The van der Waals surface area contributed by atoms with Crippen LogP contribution in [0.4, 0.5) is 0 Å². The number of hydrogen-bond acceptors (Lipinski definition) is 3. The van der Waals surface area contributed by atoms with E-state index in [0.29, 0.717) is 12.3 Å². The van der Waals surface area contributed by atoms with E-state index in [2.05, 4.69) is 55.5 Å². The largest absolute Gasteiger partial charge is 0.481 e. The van der Waals surface area contributed by atoms with Crippen molar-refractivity contribution < 1.29 is 19.7 Å². The molecule has 1 N–H and O–H groups in total. The van der Waals surface area contributed by atoms with Gasteiger partial charge in [0.2, 0.25) is 0 Å². The number of rotatable bonds is 14. The molecule has 31 heavy (non-hydrogen) atoms. The predicted octanol–water partition coefficient (Wildman–Crippen LogP) is 7.36. The van der Waals surface area contributed by atoms with Crippen LogP contribution in [0.5, 0.6) is 0 Å². The normalized spacial score (nSPS) is 24.9. The Hall–Kier alpha value is -1.91. The summed E-state index contributed by atoms with van der Waals surface area (Å²) in [7, 11) is 0. The molecule has 0 bridgehead atoms. The van der Waals surface area contributed by atoms with Gasteiger partial charge in [-0.3, -0.25) is 4.79 Å². The lowest BCUT2D eigenvalue weighted by molar-refractivity contribution is -0.346. The molecule has 1 aromatic rings. The van der Waals surface area contributed by atoms with Crippen molar-refractivity contribution in [3.8, 4) is 0 Å². The fraction of sp³-hybridized carbons (Fsp3) is 0.593. The first kappa shape index (κ1) is 25.4. The van der Waals surface area contributed by atoms with Gasteiger partial charge in [-0.2, -0.15) is 0 Å². The highest BCUT2D eigenvalue weighted by Crippen LogP contribution is 2.42. The molecule has 1 saturated heterocycles. The fourth-order valence-electron chi connectivity index (χ4n) is 4.60. The van der Waals surface area contributed by atoms with E-state index >= 15 is 0 Å². The molecule has 0 aliphatic carbocycles. The summed E-state index contributed by atoms with van der Waals surface area (Å²) in [6.45, 7) is 6.13. The maximum Gasteiger partial charge on any atom is 0.306 e. The Labute approximate surface area is 188 Å². The molecule has 4 nitrogen and oxygen atoms in total. The van der Waals surface area contributed by atoms with Crippen molar-refractivity contribution in [3.05, 3.63) is 54.1 Å². The molecule has 172 valence electrons. The minimum absolute atomic E-state index is 0.0184. The van der Waals surface area contributed by atoms with Crippen molar-refractivity contribution in [1.82, 2.24) is 0 Å². The van der Waals surface area contributed by atoms with Crippen LogP contribution in [-0.4, -0.2) is 22.3 Å². The molecule has 1 fully saturated rings. The molecular formula is C27H40O4. The van der Waals surface area contributed by atoms with Gasteiger partial charge in [-0.25, -0.2) is 9.78 Å². The monoisotopic (exact) mass is 428 g/mol. The minimum atomic E-state index is -0.845. The number of carboxylic acid groups (broad SMARTS) is 1. The highest BCUT2D eigenvalue weighted by Gasteiger charge is 2.47. The molecule has 0 radical (unpaired) electrons. The van der Waals surface area contributed by atoms with E-state index in [1.165, 1.54) is 44.1 Å². The van der Waals surface area contributed by atoms with Crippen LogP contribution in [0.1, 0.15) is 90.5 Å². The zero-order valence-corrected chi connectivity index (χ0v) is 19.5. The Morgan fingerprint density at radius 2 is 1.71 bits per heavy atom. The third kappa shape index (κ3) is 10.3. The Kier molecular flexibility index (Phi) is 10.5. The maximum absolute atomic E-state index is 11.0. The number of aliphatic carboxylic acids is 1. The first-order valence-electron chi connectivity index (χ1n) is 11.8. The Morgan fingerprint density at radius 1 is 1.03 bits per heavy atom. The third-order valence-corrected chi connectivity index (χ3v) is 5.90. The molecule has 3 atom stereocenters. The Bertz CT molecular complexity index is 711. The SMILES string of the molecule is CC(CCCCCCC/C=C/C=C/c1ccccc1)C[C@]1(C)C[C@](C)(CC(=O)O)OO1. The summed E-state index contributed by atoms with van der Waals surface area (Å²) < 4.78 is 0. The molecule has 2 rings (SSSR count). The second kappa shape index (κ2) is 12.8. The molecule has 0 saturated carbocycles. The number of allylic oxidation sites excluding steroid dienone is 3. The van der Waals surface area contributed by atoms with Gasteiger partial charge in [-0.15, -0.1) is 0 Å². The summed E-state index contributed by atoms with van der Waals surface area (Å²) in [5.41, 5.74) is 0.133. The lowest BCUT2D eigenvalue weighted by Gasteiger charge is -2.25. The van der Waals surface area contributed by atoms with Crippen molar-refractivity contribution in [2.75, 3.05) is 0 Å². The van der Waals surface area contributed by atoms with Gasteiger partial charge in [0, 0.05) is 6.42 Å². The van der Waals surface area contributed by atoms with Crippen LogP contribution in [0.3, 0.4) is 0 Å². The van der Waals surface area contributed by atoms with Gasteiger partial charge in [-0.05, 0) is 44.6 Å². The highest BCUT2D eigenvalue weighted by molar-refractivity contribution is 5.68. The van der Waals surface area contributed by atoms with Gasteiger partial charge in [0.15, 0.2) is 0 Å². The van der Waals surface area contributed by atoms with E-state index in [1.807, 2.05) is 19.9 Å². The highest BCUT2D eigenvalue weighted by atomic mass is 17.2. The number of benzene rings is 1. The van der Waals surface area contributed by atoms with Crippen LogP contribution in [0.25, 0.3) is 6.08 Å². The van der Waals surface area contributed by atoms with Gasteiger partial charge < -0.3 is 5.11 Å². The van der Waals surface area contributed by atoms with Crippen LogP contribution >= 0.6 is 0 Å². The summed E-state index contributed by atoms with van der Waals surface area (Å²) >= 11 is 0. The van der Waals surface area contributed by atoms with Crippen LogP contribution in [0.2, 0.25) is 0 Å². The minimum Gasteiger partial charge on any atom is -0.481 e. The number of carbonyl (C=O) groups is 1. The number of hydrogen-bond donors (Lipinski definition) is 1. The summed E-state index contributed by atoms with van der Waals surface area (Å²) in [6.07, 6.45) is 18.8. The third-order valence-electron chi connectivity index (χ3n) is 5.90. The Morgan fingerprint density at radius 3 is 2.45 bits per heavy atom. The number of unbranched alkanes of at least 4 members (excludes halogenated alkanes) is 5. The van der Waals surface area contributed by atoms with Crippen molar-refractivity contribution in [1.29, 1.82) is 0 Å². The smallest absolute Gasteiger partial charge is 0.306 e. The van der Waals surface area contributed by atoms with Crippen molar-refractivity contribution >= 4 is 12.0 Å². The van der Waals surface area contributed by atoms with Crippen LogP contribution in [0, 0.1) is 5.92 Å². The molecule has 0 aromatic heterocycles. The van der Waals surface area contributed by atoms with Crippen LogP contribution in [0.15, 0.2) is 48.6 Å². The average Bonchev–Trinajstić information content (AvgIpc) is 3.00. The first-order chi connectivity index (χ1) is 14.8. The second-order valence-electron chi connectivity index (χ2n) is 9.67. The van der Waals surface area contributed by atoms with E-state index in [-0.39, 0.29) is 12.0 Å². The van der Waals surface area contributed by atoms with Crippen LogP contribution < -0.4 is 0 Å². The zero-order chi connectivity index (χ0) is 22.6. The second-order valence-corrected chi connectivity index (χ2v) is 9.67. The maximum atomic E-state index is 11.0. The quantitative estimate of drug-likeness (QED) is 0.191. The molecule has 0 amide bonds. The van der Waals surface area contributed by atoms with E-state index in [1.54, 1.807) is 0 Å². The molecule has 1 heterocycles. The van der Waals surface area contributed by atoms with Crippen molar-refractivity contribution in [3.63, 3.8) is 0 Å². The van der Waals surface area contributed by atoms with Gasteiger partial charge in [0.1, 0.15) is 11.2 Å². The lowest BCUT2D eigenvalue weighted by Crippen LogP contribution is -2.31. The Balaban J connectivity index is 1.49. The van der Waals surface area contributed by atoms with E-state index in [9.17, 15) is 4.79 Å².